The Kier molecular flexibility index (Phi) is 3.51. The molecule has 0 aliphatic rings. The molecule has 4 N–H and O–H groups in total. The van der Waals surface area contributed by atoms with Crippen LogP contribution in [0.2, 0.25) is 0 Å². The molecule has 0 radical (unpaired) electrons. The average Bonchev–Trinajstić information content (AvgIpc) is 2.18. The lowest BCUT2D eigenvalue weighted by Crippen LogP contribution is -2.32. The number of carbonyl (C=O) groups excluding carboxylic acids is 1. The van der Waals surface area contributed by atoms with E-state index >= 15 is 0 Å². The highest BCUT2D eigenvalue weighted by atomic mass is 16.5. The second-order valence-electron chi connectivity index (χ2n) is 3.16. The Morgan fingerprint density at radius 2 is 2.27 bits per heavy atom. The molecule has 1 rings (SSSR count). The number of ether oxygens (including phenoxy) is 1. The number of nitrogens with two attached hydrogens (primary N) is 1. The lowest BCUT2D eigenvalue weighted by Gasteiger charge is -2.09. The van der Waals surface area contributed by atoms with Crippen LogP contribution in [0, 0.1) is 0 Å². The maximum Gasteiger partial charge on any atom is 0.241 e. The fourth-order valence-corrected chi connectivity index (χ4v) is 1.02. The third-order valence-corrected chi connectivity index (χ3v) is 1.86. The van der Waals surface area contributed by atoms with Crippen molar-refractivity contribution in [1.29, 1.82) is 0 Å². The molecule has 1 aromatic carbocycles. The first-order valence-corrected chi connectivity index (χ1v) is 4.48. The molecule has 1 atom stereocenters. The van der Waals surface area contributed by atoms with Crippen molar-refractivity contribution in [3.63, 3.8) is 0 Å². The van der Waals surface area contributed by atoms with Gasteiger partial charge >= 0.3 is 0 Å². The van der Waals surface area contributed by atoms with Gasteiger partial charge in [-0.25, -0.2) is 0 Å². The zero-order chi connectivity index (χ0) is 11.4. The molecule has 0 saturated carbocycles. The second-order valence-corrected chi connectivity index (χ2v) is 3.16. The SMILES string of the molecule is COc1ccc(NC(=O)C(C)N)cc1O. The van der Waals surface area contributed by atoms with Crippen molar-refractivity contribution in [2.75, 3.05) is 12.4 Å². The van der Waals surface area contributed by atoms with Gasteiger partial charge < -0.3 is 20.9 Å². The topological polar surface area (TPSA) is 84.6 Å². The summed E-state index contributed by atoms with van der Waals surface area (Å²) in [6.07, 6.45) is 0. The fraction of sp³-hybridized carbons (Fsp3) is 0.300. The van der Waals surface area contributed by atoms with Crippen molar-refractivity contribution in [3.05, 3.63) is 18.2 Å². The van der Waals surface area contributed by atoms with E-state index in [-0.39, 0.29) is 11.7 Å². The van der Waals surface area contributed by atoms with Crippen LogP contribution in [0.3, 0.4) is 0 Å². The summed E-state index contributed by atoms with van der Waals surface area (Å²) in [5.74, 6) is 0.0216. The van der Waals surface area contributed by atoms with Crippen LogP contribution in [-0.4, -0.2) is 24.2 Å². The minimum atomic E-state index is -0.589. The smallest absolute Gasteiger partial charge is 0.241 e. The van der Waals surface area contributed by atoms with Crippen molar-refractivity contribution in [3.8, 4) is 11.5 Å². The van der Waals surface area contributed by atoms with Gasteiger partial charge in [-0.1, -0.05) is 0 Å². The lowest BCUT2D eigenvalue weighted by molar-refractivity contribution is -0.117. The Morgan fingerprint density at radius 1 is 1.60 bits per heavy atom. The summed E-state index contributed by atoms with van der Waals surface area (Å²) >= 11 is 0. The predicted molar refractivity (Wildman–Crippen MR) is 56.9 cm³/mol. The van der Waals surface area contributed by atoms with E-state index in [9.17, 15) is 9.90 Å². The first kappa shape index (κ1) is 11.3. The number of amides is 1. The molecule has 5 heteroatoms. The van der Waals surface area contributed by atoms with Gasteiger partial charge in [0.1, 0.15) is 0 Å². The molecule has 5 nitrogen and oxygen atoms in total. The Bertz CT molecular complexity index is 364. The van der Waals surface area contributed by atoms with Crippen molar-refractivity contribution >= 4 is 11.6 Å². The normalized spacial score (nSPS) is 11.9. The van der Waals surface area contributed by atoms with Gasteiger partial charge in [0.05, 0.1) is 13.2 Å². The van der Waals surface area contributed by atoms with E-state index < -0.39 is 6.04 Å². The molecule has 0 spiro atoms. The summed E-state index contributed by atoms with van der Waals surface area (Å²) in [4.78, 5) is 11.2. The van der Waals surface area contributed by atoms with Gasteiger partial charge in [-0.15, -0.1) is 0 Å². The molecule has 0 aliphatic heterocycles. The molecule has 1 aromatic rings. The minimum absolute atomic E-state index is 0.0278. The van der Waals surface area contributed by atoms with Crippen LogP contribution in [0.15, 0.2) is 18.2 Å². The van der Waals surface area contributed by atoms with Crippen LogP contribution in [0.25, 0.3) is 0 Å². The first-order valence-electron chi connectivity index (χ1n) is 4.48. The number of benzene rings is 1. The summed E-state index contributed by atoms with van der Waals surface area (Å²) in [5.41, 5.74) is 5.86. The molecule has 15 heavy (non-hydrogen) atoms. The monoisotopic (exact) mass is 210 g/mol. The van der Waals surface area contributed by atoms with Gasteiger partial charge in [-0.2, -0.15) is 0 Å². The van der Waals surface area contributed by atoms with E-state index in [0.717, 1.165) is 0 Å². The zero-order valence-corrected chi connectivity index (χ0v) is 8.65. The van der Waals surface area contributed by atoms with E-state index in [1.165, 1.54) is 13.2 Å². The maximum atomic E-state index is 11.2. The maximum absolute atomic E-state index is 11.2. The first-order chi connectivity index (χ1) is 7.04. The van der Waals surface area contributed by atoms with Crippen molar-refractivity contribution in [1.82, 2.24) is 0 Å². The highest BCUT2D eigenvalue weighted by Crippen LogP contribution is 2.28. The molecule has 0 aliphatic carbocycles. The van der Waals surface area contributed by atoms with Crippen LogP contribution in [0.1, 0.15) is 6.92 Å². The quantitative estimate of drug-likeness (QED) is 0.685. The van der Waals surface area contributed by atoms with Crippen LogP contribution >= 0.6 is 0 Å². The number of phenols is 1. The van der Waals surface area contributed by atoms with Crippen LogP contribution in [0.5, 0.6) is 11.5 Å². The largest absolute Gasteiger partial charge is 0.504 e. The zero-order valence-electron chi connectivity index (χ0n) is 8.65. The third kappa shape index (κ3) is 2.85. The van der Waals surface area contributed by atoms with Gasteiger partial charge in [0, 0.05) is 11.8 Å². The van der Waals surface area contributed by atoms with E-state index in [2.05, 4.69) is 5.32 Å². The van der Waals surface area contributed by atoms with E-state index in [0.29, 0.717) is 11.4 Å². The summed E-state index contributed by atoms with van der Waals surface area (Å²) < 4.78 is 4.86. The molecule has 1 amide bonds. The number of nitrogens with one attached hydrogen (secondary N) is 1. The Hall–Kier alpha value is -1.75. The molecule has 0 bridgehead atoms. The van der Waals surface area contributed by atoms with Crippen LogP contribution in [0.4, 0.5) is 5.69 Å². The van der Waals surface area contributed by atoms with Gasteiger partial charge in [0.25, 0.3) is 0 Å². The number of methoxy groups -OCH3 is 1. The molecule has 0 heterocycles. The number of carbonyl (C=O) groups is 1. The van der Waals surface area contributed by atoms with Gasteiger partial charge in [0.2, 0.25) is 5.91 Å². The lowest BCUT2D eigenvalue weighted by atomic mass is 10.2. The van der Waals surface area contributed by atoms with Crippen molar-refractivity contribution < 1.29 is 14.6 Å². The minimum Gasteiger partial charge on any atom is -0.504 e. The number of rotatable bonds is 3. The van der Waals surface area contributed by atoms with Crippen LogP contribution in [-0.2, 0) is 4.79 Å². The molecule has 1 unspecified atom stereocenters. The molecule has 0 fully saturated rings. The average molecular weight is 210 g/mol. The summed E-state index contributed by atoms with van der Waals surface area (Å²) in [6, 6.07) is 4.00. The molecule has 0 saturated heterocycles. The standard InChI is InChI=1S/C10H14N2O3/c1-6(11)10(14)12-7-3-4-9(15-2)8(13)5-7/h3-6,13H,11H2,1-2H3,(H,12,14). The Balaban J connectivity index is 2.80. The van der Waals surface area contributed by atoms with Crippen LogP contribution < -0.4 is 15.8 Å². The van der Waals surface area contributed by atoms with E-state index in [1.807, 2.05) is 0 Å². The third-order valence-electron chi connectivity index (χ3n) is 1.86. The number of hydrogen-bond acceptors (Lipinski definition) is 4. The number of anilines is 1. The van der Waals surface area contributed by atoms with Crippen molar-refractivity contribution in [2.24, 2.45) is 5.73 Å². The van der Waals surface area contributed by atoms with Gasteiger partial charge in [-0.3, -0.25) is 4.79 Å². The Labute approximate surface area is 87.9 Å². The highest BCUT2D eigenvalue weighted by Gasteiger charge is 2.09. The number of hydrogen-bond donors (Lipinski definition) is 3. The number of aromatic hydroxyl groups is 1. The summed E-state index contributed by atoms with van der Waals surface area (Å²) in [6.45, 7) is 1.58. The molecular formula is C10H14N2O3. The molecule has 82 valence electrons. The molecular weight excluding hydrogens is 196 g/mol. The van der Waals surface area contributed by atoms with E-state index in [4.69, 9.17) is 10.5 Å². The number of phenolic OH excluding ortho intramolecular Hbond substituents is 1. The second kappa shape index (κ2) is 4.65. The molecule has 0 aromatic heterocycles. The fourth-order valence-electron chi connectivity index (χ4n) is 1.02. The highest BCUT2D eigenvalue weighted by molar-refractivity contribution is 5.94. The predicted octanol–water partition coefficient (Wildman–Crippen LogP) is 0.686. The van der Waals surface area contributed by atoms with Gasteiger partial charge in [-0.05, 0) is 19.1 Å². The summed E-state index contributed by atoms with van der Waals surface area (Å²) in [5, 5.41) is 12.0. The Morgan fingerprint density at radius 3 is 2.73 bits per heavy atom. The summed E-state index contributed by atoms with van der Waals surface area (Å²) in [7, 11) is 1.45. The van der Waals surface area contributed by atoms with E-state index in [1.54, 1.807) is 19.1 Å². The van der Waals surface area contributed by atoms with Crippen molar-refractivity contribution in [2.45, 2.75) is 13.0 Å². The van der Waals surface area contributed by atoms with Gasteiger partial charge in [0.15, 0.2) is 11.5 Å².